The maximum Gasteiger partial charge on any atom is 0.436 e. The molecule has 0 unspecified atom stereocenters. The Morgan fingerprint density at radius 1 is 1.15 bits per heavy atom. The van der Waals surface area contributed by atoms with Crippen LogP contribution < -0.4 is 5.32 Å². The first-order chi connectivity index (χ1) is 9.43. The van der Waals surface area contributed by atoms with E-state index in [9.17, 15) is 9.59 Å². The summed E-state index contributed by atoms with van der Waals surface area (Å²) in [7, 11) is 6.20. The number of ether oxygens (including phenoxy) is 1. The van der Waals surface area contributed by atoms with Gasteiger partial charge in [-0.25, -0.2) is 9.59 Å². The zero-order chi connectivity index (χ0) is 15.5. The Morgan fingerprint density at radius 3 is 2.30 bits per heavy atom. The molecule has 0 heterocycles. The largest absolute Gasteiger partial charge is 0.451 e. The third-order valence-corrected chi connectivity index (χ3v) is 2.68. The predicted octanol–water partition coefficient (Wildman–Crippen LogP) is 1.89. The highest BCUT2D eigenvalue weighted by Crippen LogP contribution is 1.99. The van der Waals surface area contributed by atoms with Crippen LogP contribution in [-0.2, 0) is 4.74 Å². The average molecular weight is 286 g/mol. The third kappa shape index (κ3) is 6.96. The molecule has 1 N–H and O–H groups in total. The summed E-state index contributed by atoms with van der Waals surface area (Å²) in [6, 6.07) is -0.294. The van der Waals surface area contributed by atoms with E-state index in [4.69, 9.17) is 0 Å². The van der Waals surface area contributed by atoms with Crippen molar-refractivity contribution in [2.24, 2.45) is 4.99 Å². The van der Waals surface area contributed by atoms with E-state index in [1.165, 1.54) is 18.4 Å². The number of rotatable bonds is 5. The zero-order valence-corrected chi connectivity index (χ0v) is 13.1. The summed E-state index contributed by atoms with van der Waals surface area (Å²) in [4.78, 5) is 29.7. The van der Waals surface area contributed by atoms with E-state index in [-0.39, 0.29) is 12.0 Å². The summed E-state index contributed by atoms with van der Waals surface area (Å²) in [6.45, 7) is 2.75. The van der Waals surface area contributed by atoms with Gasteiger partial charge in [0.2, 0.25) is 5.96 Å². The normalized spacial score (nSPS) is 10.9. The molecule has 0 bridgehead atoms. The highest BCUT2D eigenvalue weighted by Gasteiger charge is 2.17. The molecule has 7 nitrogen and oxygen atoms in total. The standard InChI is InChI=1S/C13H26N4O3/c1-6-7-8-9-10-14-12(18)17(4)11(16(2)3)15-13(19)20-5/h6-10H2,1-5H3,(H,14,18). The number of carbonyl (C=O) groups excluding carboxylic acids is 2. The Balaban J connectivity index is 4.43. The summed E-state index contributed by atoms with van der Waals surface area (Å²) in [6.07, 6.45) is 3.62. The first-order valence-electron chi connectivity index (χ1n) is 6.79. The van der Waals surface area contributed by atoms with Gasteiger partial charge in [0.05, 0.1) is 7.11 Å². The smallest absolute Gasteiger partial charge is 0.436 e. The number of amides is 3. The Kier molecular flexibility index (Phi) is 9.15. The molecular formula is C13H26N4O3. The molecule has 0 rings (SSSR count). The van der Waals surface area contributed by atoms with Gasteiger partial charge in [0, 0.05) is 27.7 Å². The van der Waals surface area contributed by atoms with Gasteiger partial charge in [0.15, 0.2) is 0 Å². The molecule has 0 aliphatic heterocycles. The number of methoxy groups -OCH3 is 1. The zero-order valence-electron chi connectivity index (χ0n) is 13.1. The molecule has 0 saturated carbocycles. The maximum atomic E-state index is 11.9. The highest BCUT2D eigenvalue weighted by atomic mass is 16.5. The molecule has 0 aromatic rings. The Bertz CT molecular complexity index is 343. The van der Waals surface area contributed by atoms with E-state index in [1.807, 2.05) is 0 Å². The second-order valence-electron chi connectivity index (χ2n) is 4.63. The van der Waals surface area contributed by atoms with Crippen LogP contribution >= 0.6 is 0 Å². The van der Waals surface area contributed by atoms with Crippen molar-refractivity contribution in [3.63, 3.8) is 0 Å². The van der Waals surface area contributed by atoms with Gasteiger partial charge in [-0.2, -0.15) is 0 Å². The van der Waals surface area contributed by atoms with Crippen molar-refractivity contribution in [3.8, 4) is 0 Å². The molecular weight excluding hydrogens is 260 g/mol. The lowest BCUT2D eigenvalue weighted by Crippen LogP contribution is -2.47. The van der Waals surface area contributed by atoms with Crippen LogP contribution in [0.1, 0.15) is 32.6 Å². The lowest BCUT2D eigenvalue weighted by atomic mass is 10.2. The van der Waals surface area contributed by atoms with Gasteiger partial charge in [0.25, 0.3) is 0 Å². The van der Waals surface area contributed by atoms with E-state index in [1.54, 1.807) is 26.0 Å². The number of urea groups is 1. The summed E-state index contributed by atoms with van der Waals surface area (Å²) >= 11 is 0. The van der Waals surface area contributed by atoms with Crippen molar-refractivity contribution in [3.05, 3.63) is 0 Å². The van der Waals surface area contributed by atoms with E-state index in [0.29, 0.717) is 6.54 Å². The van der Waals surface area contributed by atoms with Crippen LogP contribution in [0.25, 0.3) is 0 Å². The molecule has 0 atom stereocenters. The third-order valence-electron chi connectivity index (χ3n) is 2.68. The molecule has 116 valence electrons. The topological polar surface area (TPSA) is 74.2 Å². The molecule has 0 aliphatic carbocycles. The van der Waals surface area contributed by atoms with Gasteiger partial charge in [-0.1, -0.05) is 26.2 Å². The number of guanidine groups is 1. The minimum Gasteiger partial charge on any atom is -0.451 e. The van der Waals surface area contributed by atoms with Crippen LogP contribution in [-0.4, -0.2) is 62.7 Å². The van der Waals surface area contributed by atoms with Crippen LogP contribution in [0, 0.1) is 0 Å². The SMILES string of the molecule is CCCCCCNC(=O)N(C)C(=NC(=O)OC)N(C)C. The number of nitrogens with zero attached hydrogens (tertiary/aromatic N) is 3. The molecule has 0 aliphatic rings. The lowest BCUT2D eigenvalue weighted by molar-refractivity contribution is 0.181. The predicted molar refractivity (Wildman–Crippen MR) is 78.8 cm³/mol. The summed E-state index contributed by atoms with van der Waals surface area (Å²) < 4.78 is 4.47. The van der Waals surface area contributed by atoms with Crippen LogP contribution in [0.2, 0.25) is 0 Å². The lowest BCUT2D eigenvalue weighted by Gasteiger charge is -2.24. The second-order valence-corrected chi connectivity index (χ2v) is 4.63. The van der Waals surface area contributed by atoms with Crippen LogP contribution in [0.15, 0.2) is 4.99 Å². The van der Waals surface area contributed by atoms with Crippen molar-refractivity contribution in [2.45, 2.75) is 32.6 Å². The number of unbranched alkanes of at least 4 members (excludes halogenated alkanes) is 3. The monoisotopic (exact) mass is 286 g/mol. The van der Waals surface area contributed by atoms with Crippen molar-refractivity contribution in [2.75, 3.05) is 34.8 Å². The molecule has 20 heavy (non-hydrogen) atoms. The van der Waals surface area contributed by atoms with Crippen LogP contribution in [0.4, 0.5) is 9.59 Å². The van der Waals surface area contributed by atoms with Gasteiger partial charge in [-0.15, -0.1) is 4.99 Å². The first kappa shape index (κ1) is 18.2. The fourth-order valence-corrected chi connectivity index (χ4v) is 1.56. The Hall–Kier alpha value is -1.79. The second kappa shape index (κ2) is 10.1. The van der Waals surface area contributed by atoms with Crippen molar-refractivity contribution in [1.82, 2.24) is 15.1 Å². The van der Waals surface area contributed by atoms with Gasteiger partial charge in [-0.05, 0) is 6.42 Å². The van der Waals surface area contributed by atoms with Crippen LogP contribution in [0.3, 0.4) is 0 Å². The van der Waals surface area contributed by atoms with Crippen molar-refractivity contribution < 1.29 is 14.3 Å². The molecule has 0 saturated heterocycles. The maximum absolute atomic E-state index is 11.9. The number of carbonyl (C=O) groups is 2. The fourth-order valence-electron chi connectivity index (χ4n) is 1.56. The number of hydrogen-bond acceptors (Lipinski definition) is 3. The highest BCUT2D eigenvalue weighted by molar-refractivity contribution is 5.99. The molecule has 0 spiro atoms. The van der Waals surface area contributed by atoms with Gasteiger partial charge >= 0.3 is 12.1 Å². The minimum absolute atomic E-state index is 0.225. The fraction of sp³-hybridized carbons (Fsp3) is 0.769. The quantitative estimate of drug-likeness (QED) is 0.476. The van der Waals surface area contributed by atoms with Gasteiger partial charge < -0.3 is 15.0 Å². The number of hydrogen-bond donors (Lipinski definition) is 1. The van der Waals surface area contributed by atoms with E-state index in [0.717, 1.165) is 19.3 Å². The summed E-state index contributed by atoms with van der Waals surface area (Å²) in [5.74, 6) is 0.225. The molecule has 0 fully saturated rings. The van der Waals surface area contributed by atoms with E-state index >= 15 is 0 Å². The molecule has 0 aromatic heterocycles. The van der Waals surface area contributed by atoms with Crippen molar-refractivity contribution >= 4 is 18.1 Å². The molecule has 0 aromatic carbocycles. The molecule has 3 amide bonds. The average Bonchev–Trinajstić information content (AvgIpc) is 2.42. The molecule has 7 heteroatoms. The summed E-state index contributed by atoms with van der Waals surface area (Å²) in [5.41, 5.74) is 0. The summed E-state index contributed by atoms with van der Waals surface area (Å²) in [5, 5.41) is 2.80. The van der Waals surface area contributed by atoms with E-state index < -0.39 is 6.09 Å². The van der Waals surface area contributed by atoms with Gasteiger partial charge in [-0.3, -0.25) is 4.90 Å². The number of nitrogens with one attached hydrogen (secondary N) is 1. The minimum atomic E-state index is -0.740. The first-order valence-corrected chi connectivity index (χ1v) is 6.79. The van der Waals surface area contributed by atoms with Crippen molar-refractivity contribution in [1.29, 1.82) is 0 Å². The Morgan fingerprint density at radius 2 is 1.80 bits per heavy atom. The Labute approximate surface area is 121 Å². The van der Waals surface area contributed by atoms with E-state index in [2.05, 4.69) is 22.0 Å². The molecule has 0 radical (unpaired) electrons. The van der Waals surface area contributed by atoms with Gasteiger partial charge in [0.1, 0.15) is 0 Å². The van der Waals surface area contributed by atoms with Crippen LogP contribution in [0.5, 0.6) is 0 Å². The number of aliphatic imine (C=N–C) groups is 1.